The summed E-state index contributed by atoms with van der Waals surface area (Å²) in [6, 6.07) is 16.2. The second-order valence-corrected chi connectivity index (χ2v) is 9.15. The highest BCUT2D eigenvalue weighted by molar-refractivity contribution is 7.99. The van der Waals surface area contributed by atoms with Crippen molar-refractivity contribution < 1.29 is 13.7 Å². The molecule has 0 spiro atoms. The predicted molar refractivity (Wildman–Crippen MR) is 121 cm³/mol. The van der Waals surface area contributed by atoms with Gasteiger partial charge in [-0.05, 0) is 25.0 Å². The number of hydrogen-bond donors (Lipinski definition) is 0. The van der Waals surface area contributed by atoms with Gasteiger partial charge in [0.2, 0.25) is 5.88 Å². The Morgan fingerprint density at radius 1 is 1.10 bits per heavy atom. The van der Waals surface area contributed by atoms with Crippen LogP contribution in [0.2, 0.25) is 0 Å². The monoisotopic (exact) mass is 437 g/mol. The van der Waals surface area contributed by atoms with Crippen LogP contribution in [0.1, 0.15) is 28.8 Å². The van der Waals surface area contributed by atoms with Gasteiger partial charge in [-0.25, -0.2) is 4.39 Å². The molecule has 0 bridgehead atoms. The Morgan fingerprint density at radius 3 is 2.52 bits per heavy atom. The van der Waals surface area contributed by atoms with Crippen LogP contribution in [-0.2, 0) is 6.54 Å². The van der Waals surface area contributed by atoms with E-state index in [1.54, 1.807) is 23.1 Å². The molecule has 160 valence electrons. The van der Waals surface area contributed by atoms with Crippen LogP contribution in [0.4, 0.5) is 10.3 Å². The van der Waals surface area contributed by atoms with Crippen LogP contribution >= 0.6 is 11.8 Å². The lowest BCUT2D eigenvalue weighted by molar-refractivity contribution is 0.0725. The van der Waals surface area contributed by atoms with Crippen molar-refractivity contribution >= 4 is 23.6 Å². The minimum atomic E-state index is -0.486. The third-order valence-corrected chi connectivity index (χ3v) is 6.74. The maximum Gasteiger partial charge on any atom is 0.257 e. The number of carbonyl (C=O) groups is 1. The molecule has 3 aromatic rings. The predicted octanol–water partition coefficient (Wildman–Crippen LogP) is 4.84. The van der Waals surface area contributed by atoms with Gasteiger partial charge in [0.15, 0.2) is 0 Å². The Morgan fingerprint density at radius 2 is 1.81 bits per heavy atom. The molecule has 1 saturated heterocycles. The highest BCUT2D eigenvalue weighted by Crippen LogP contribution is 2.37. The lowest BCUT2D eigenvalue weighted by Gasteiger charge is -2.28. The number of thioether (sulfide) groups is 1. The summed E-state index contributed by atoms with van der Waals surface area (Å²) in [5.74, 6) is 2.02. The van der Waals surface area contributed by atoms with E-state index in [-0.39, 0.29) is 17.5 Å². The minimum Gasteiger partial charge on any atom is -0.339 e. The molecular formula is C24H24FN3O2S. The average molecular weight is 438 g/mol. The maximum atomic E-state index is 14.4. The Hall–Kier alpha value is -2.80. The molecule has 2 fully saturated rings. The molecule has 5 nitrogen and oxygen atoms in total. The van der Waals surface area contributed by atoms with Gasteiger partial charge >= 0.3 is 0 Å². The van der Waals surface area contributed by atoms with Crippen LogP contribution < -0.4 is 4.90 Å². The normalized spacial score (nSPS) is 16.4. The molecule has 2 aliphatic rings. The number of rotatable bonds is 6. The summed E-state index contributed by atoms with van der Waals surface area (Å²) < 4.78 is 20.2. The lowest BCUT2D eigenvalue weighted by Crippen LogP contribution is -2.36. The minimum absolute atomic E-state index is 0.114. The topological polar surface area (TPSA) is 49.6 Å². The SMILES string of the molecule is O=C(c1ccccc1F)N(Cc1c(-c2ccccc2)noc1N1CCSCC1)C1CC1. The molecule has 7 heteroatoms. The van der Waals surface area contributed by atoms with Crippen LogP contribution in [0.15, 0.2) is 59.1 Å². The van der Waals surface area contributed by atoms with Gasteiger partial charge in [0.1, 0.15) is 11.5 Å². The molecule has 2 aromatic carbocycles. The summed E-state index contributed by atoms with van der Waals surface area (Å²) in [5.41, 5.74) is 2.71. The smallest absolute Gasteiger partial charge is 0.257 e. The van der Waals surface area contributed by atoms with Crippen molar-refractivity contribution in [2.45, 2.75) is 25.4 Å². The van der Waals surface area contributed by atoms with E-state index >= 15 is 0 Å². The Balaban J connectivity index is 1.53. The molecule has 2 heterocycles. The van der Waals surface area contributed by atoms with E-state index < -0.39 is 5.82 Å². The molecule has 0 atom stereocenters. The highest BCUT2D eigenvalue weighted by atomic mass is 32.2. The molecule has 5 rings (SSSR count). The van der Waals surface area contributed by atoms with Crippen LogP contribution in [0.25, 0.3) is 11.3 Å². The molecule has 31 heavy (non-hydrogen) atoms. The fourth-order valence-electron chi connectivity index (χ4n) is 3.99. The van der Waals surface area contributed by atoms with Crippen molar-refractivity contribution in [3.05, 3.63) is 71.5 Å². The van der Waals surface area contributed by atoms with Crippen LogP contribution in [0.3, 0.4) is 0 Å². The van der Waals surface area contributed by atoms with Gasteiger partial charge in [-0.3, -0.25) is 4.79 Å². The van der Waals surface area contributed by atoms with E-state index in [1.807, 2.05) is 42.1 Å². The Kier molecular flexibility index (Phi) is 5.68. The van der Waals surface area contributed by atoms with E-state index in [2.05, 4.69) is 10.1 Å². The van der Waals surface area contributed by atoms with Gasteiger partial charge in [0.25, 0.3) is 5.91 Å². The number of carbonyl (C=O) groups excluding carboxylic acids is 1. The van der Waals surface area contributed by atoms with Gasteiger partial charge in [-0.15, -0.1) is 0 Å². The van der Waals surface area contributed by atoms with Crippen molar-refractivity contribution in [3.8, 4) is 11.3 Å². The number of amides is 1. The van der Waals surface area contributed by atoms with Gasteiger partial charge in [0, 0.05) is 36.2 Å². The van der Waals surface area contributed by atoms with Crippen LogP contribution in [-0.4, -0.2) is 46.6 Å². The third kappa shape index (κ3) is 4.19. The van der Waals surface area contributed by atoms with E-state index in [0.29, 0.717) is 6.54 Å². The number of halogens is 1. The van der Waals surface area contributed by atoms with E-state index in [9.17, 15) is 9.18 Å². The zero-order valence-corrected chi connectivity index (χ0v) is 18.0. The quantitative estimate of drug-likeness (QED) is 0.552. The van der Waals surface area contributed by atoms with Crippen molar-refractivity contribution in [2.24, 2.45) is 0 Å². The number of benzene rings is 2. The summed E-state index contributed by atoms with van der Waals surface area (Å²) in [5, 5.41) is 4.41. The van der Waals surface area contributed by atoms with Gasteiger partial charge in [-0.2, -0.15) is 11.8 Å². The first kappa shape index (κ1) is 20.1. The van der Waals surface area contributed by atoms with Crippen molar-refractivity contribution in [3.63, 3.8) is 0 Å². The molecule has 1 amide bonds. The fraction of sp³-hybridized carbons (Fsp3) is 0.333. The molecule has 1 aliphatic heterocycles. The zero-order chi connectivity index (χ0) is 21.2. The second kappa shape index (κ2) is 8.75. The number of hydrogen-bond acceptors (Lipinski definition) is 5. The Bertz CT molecular complexity index is 1060. The van der Waals surface area contributed by atoms with E-state index in [1.165, 1.54) is 6.07 Å². The number of aromatic nitrogens is 1. The largest absolute Gasteiger partial charge is 0.339 e. The highest BCUT2D eigenvalue weighted by Gasteiger charge is 2.36. The van der Waals surface area contributed by atoms with Crippen molar-refractivity contribution in [2.75, 3.05) is 29.5 Å². The Labute approximate surface area is 185 Å². The first-order valence-corrected chi connectivity index (χ1v) is 11.8. The summed E-state index contributed by atoms with van der Waals surface area (Å²) in [6.07, 6.45) is 1.86. The zero-order valence-electron chi connectivity index (χ0n) is 17.2. The summed E-state index contributed by atoms with van der Waals surface area (Å²) >= 11 is 1.92. The fourth-order valence-corrected chi connectivity index (χ4v) is 4.90. The molecule has 0 unspecified atom stereocenters. The van der Waals surface area contributed by atoms with E-state index in [0.717, 1.165) is 60.1 Å². The second-order valence-electron chi connectivity index (χ2n) is 7.92. The summed E-state index contributed by atoms with van der Waals surface area (Å²) in [7, 11) is 0. The van der Waals surface area contributed by atoms with Crippen LogP contribution in [0.5, 0.6) is 0 Å². The van der Waals surface area contributed by atoms with E-state index in [4.69, 9.17) is 4.52 Å². The van der Waals surface area contributed by atoms with Crippen molar-refractivity contribution in [1.82, 2.24) is 10.1 Å². The molecule has 1 saturated carbocycles. The third-order valence-electron chi connectivity index (χ3n) is 5.79. The standard InChI is InChI=1S/C24H24FN3O2S/c25-21-9-5-4-8-19(21)23(29)28(18-10-11-18)16-20-22(17-6-2-1-3-7-17)26-30-24(20)27-12-14-31-15-13-27/h1-9,18H,10-16H2. The summed E-state index contributed by atoms with van der Waals surface area (Å²) in [6.45, 7) is 2.11. The molecule has 0 radical (unpaired) electrons. The van der Waals surface area contributed by atoms with Gasteiger partial charge < -0.3 is 14.3 Å². The molecular weight excluding hydrogens is 413 g/mol. The molecule has 1 aliphatic carbocycles. The van der Waals surface area contributed by atoms with Crippen LogP contribution in [0, 0.1) is 5.82 Å². The first-order valence-electron chi connectivity index (χ1n) is 10.6. The first-order chi connectivity index (χ1) is 15.2. The lowest BCUT2D eigenvalue weighted by atomic mass is 10.1. The number of nitrogens with zero attached hydrogens (tertiary/aromatic N) is 3. The maximum absolute atomic E-state index is 14.4. The summed E-state index contributed by atoms with van der Waals surface area (Å²) in [4.78, 5) is 17.3. The number of anilines is 1. The van der Waals surface area contributed by atoms with Crippen molar-refractivity contribution in [1.29, 1.82) is 0 Å². The molecule has 1 aromatic heterocycles. The van der Waals surface area contributed by atoms with Gasteiger partial charge in [-0.1, -0.05) is 47.6 Å². The average Bonchev–Trinajstić information content (AvgIpc) is 3.57. The van der Waals surface area contributed by atoms with Gasteiger partial charge in [0.05, 0.1) is 17.7 Å². The molecule has 0 N–H and O–H groups in total.